The highest BCUT2D eigenvalue weighted by molar-refractivity contribution is 6.25. The van der Waals surface area contributed by atoms with Crippen LogP contribution in [0.15, 0.2) is 39.6 Å². The van der Waals surface area contributed by atoms with Crippen LogP contribution < -0.4 is 28.2 Å². The number of ketones is 2. The Balaban J connectivity index is 0.000000175. The number of nitrogens with zero attached hydrogens (tertiary/aromatic N) is 3. The lowest BCUT2D eigenvalue weighted by Gasteiger charge is -2.39. The third kappa shape index (κ3) is 4.28. The molecule has 0 spiro atoms. The largest absolute Gasteiger partial charge is 0.449 e. The van der Waals surface area contributed by atoms with Crippen LogP contribution in [0.4, 0.5) is 10.6 Å². The maximum atomic E-state index is 12.8. The molecule has 0 bridgehead atoms. The van der Waals surface area contributed by atoms with Crippen LogP contribution in [0, 0.1) is 5.92 Å². The Morgan fingerprint density at radius 3 is 2.54 bits per heavy atom. The first-order valence-electron chi connectivity index (χ1n) is 12.7. The number of ether oxygens (including phenoxy) is 3. The monoisotopic (exact) mass is 577 g/mol. The quantitative estimate of drug-likeness (QED) is 0.129. The van der Waals surface area contributed by atoms with Gasteiger partial charge in [-0.15, -0.1) is 0 Å². The van der Waals surface area contributed by atoms with Crippen LogP contribution in [0.2, 0.25) is 0 Å². The van der Waals surface area contributed by atoms with Crippen molar-refractivity contribution in [2.45, 2.75) is 49.3 Å². The Kier molecular flexibility index (Phi) is 7.13. The van der Waals surface area contributed by atoms with Crippen LogP contribution in [-0.4, -0.2) is 110 Å². The van der Waals surface area contributed by atoms with Crippen molar-refractivity contribution in [2.24, 2.45) is 17.4 Å². The molecule has 1 aliphatic carbocycles. The van der Waals surface area contributed by atoms with Gasteiger partial charge in [0.15, 0.2) is 12.0 Å². The van der Waals surface area contributed by atoms with Gasteiger partial charge in [0.25, 0.3) is 0 Å². The van der Waals surface area contributed by atoms with Gasteiger partial charge in [-0.2, -0.15) is 4.98 Å². The number of nitrogens with one attached hydrogen (secondary N) is 1. The lowest BCUT2D eigenvalue weighted by molar-refractivity contribution is -0.137. The fourth-order valence-corrected chi connectivity index (χ4v) is 6.04. The molecule has 0 saturated carbocycles. The van der Waals surface area contributed by atoms with Gasteiger partial charge in [-0.3, -0.25) is 14.2 Å². The third-order valence-corrected chi connectivity index (χ3v) is 8.12. The number of hydrogen-bond donors (Lipinski definition) is 7. The molecule has 8 atom stereocenters. The molecule has 4 aliphatic heterocycles. The topological polar surface area (TPSA) is 278 Å². The number of anilines is 1. The normalized spacial score (nSPS) is 35.1. The Morgan fingerprint density at radius 1 is 1.24 bits per heavy atom. The number of primary amides is 1. The van der Waals surface area contributed by atoms with Gasteiger partial charge in [0.1, 0.15) is 30.7 Å². The summed E-state index contributed by atoms with van der Waals surface area (Å²) in [6.45, 7) is 1.47. The van der Waals surface area contributed by atoms with E-state index in [1.165, 1.54) is 26.3 Å². The molecule has 41 heavy (non-hydrogen) atoms. The zero-order chi connectivity index (χ0) is 30.0. The number of nitrogen functional groups attached to an aromatic ring is 1. The van der Waals surface area contributed by atoms with E-state index in [1.54, 1.807) is 0 Å². The number of methoxy groups -OCH3 is 1. The lowest BCUT2D eigenvalue weighted by atomic mass is 9.82. The highest BCUT2D eigenvalue weighted by atomic mass is 16.6. The minimum atomic E-state index is -1.31. The number of allylic oxidation sites excluding steroid dienone is 2. The molecule has 222 valence electrons. The van der Waals surface area contributed by atoms with E-state index in [1.807, 2.05) is 4.90 Å². The number of hydrogen-bond acceptors (Lipinski definition) is 15. The van der Waals surface area contributed by atoms with Crippen molar-refractivity contribution in [3.8, 4) is 0 Å². The van der Waals surface area contributed by atoms with E-state index < -0.39 is 60.4 Å². The van der Waals surface area contributed by atoms with Crippen LogP contribution in [0.1, 0.15) is 13.2 Å². The van der Waals surface area contributed by atoms with E-state index in [4.69, 9.17) is 36.5 Å². The van der Waals surface area contributed by atoms with Gasteiger partial charge in [-0.25, -0.2) is 9.59 Å². The number of nitrogens with two attached hydrogens (primary N) is 3. The van der Waals surface area contributed by atoms with Crippen molar-refractivity contribution in [3.63, 3.8) is 0 Å². The summed E-state index contributed by atoms with van der Waals surface area (Å²) in [5.74, 6) is -1.29. The number of amides is 1. The summed E-state index contributed by atoms with van der Waals surface area (Å²) < 4.78 is 17.0. The molecule has 1 aromatic heterocycles. The molecule has 0 aromatic carbocycles. The second-order valence-electron chi connectivity index (χ2n) is 10.2. The highest BCUT2D eigenvalue weighted by Crippen LogP contribution is 2.55. The number of carbonyl (C=O) groups excluding carboxylic acids is 3. The van der Waals surface area contributed by atoms with Crippen LogP contribution in [0.5, 0.6) is 0 Å². The molecule has 10 N–H and O–H groups in total. The number of fused-ring (bicyclic) bond motifs is 4. The first kappa shape index (κ1) is 28.7. The van der Waals surface area contributed by atoms with Crippen LogP contribution in [0.25, 0.3) is 0 Å². The van der Waals surface area contributed by atoms with E-state index in [9.17, 15) is 29.4 Å². The molecule has 17 heteroatoms. The van der Waals surface area contributed by atoms with Crippen LogP contribution >= 0.6 is 0 Å². The second-order valence-corrected chi connectivity index (χ2v) is 10.2. The van der Waals surface area contributed by atoms with Crippen molar-refractivity contribution in [1.29, 1.82) is 0 Å². The van der Waals surface area contributed by atoms with Crippen LogP contribution in [0.3, 0.4) is 0 Å². The molecule has 1 amide bonds. The second kappa shape index (κ2) is 10.2. The maximum absolute atomic E-state index is 12.8. The van der Waals surface area contributed by atoms with E-state index in [2.05, 4.69) is 10.3 Å². The number of carbonyl (C=O) groups is 3. The fourth-order valence-electron chi connectivity index (χ4n) is 6.04. The van der Waals surface area contributed by atoms with Gasteiger partial charge in [0.2, 0.25) is 11.6 Å². The smallest absolute Gasteiger partial charge is 0.404 e. The molecule has 6 rings (SSSR count). The summed E-state index contributed by atoms with van der Waals surface area (Å²) in [5, 5.41) is 31.4. The summed E-state index contributed by atoms with van der Waals surface area (Å²) in [6.07, 6.45) is -4.22. The molecule has 3 fully saturated rings. The predicted octanol–water partition coefficient (Wildman–Crippen LogP) is -4.21. The molecule has 3 saturated heterocycles. The van der Waals surface area contributed by atoms with Crippen molar-refractivity contribution in [1.82, 2.24) is 19.8 Å². The predicted molar refractivity (Wildman–Crippen MR) is 136 cm³/mol. The van der Waals surface area contributed by atoms with Gasteiger partial charge in [-0.05, 0) is 13.0 Å². The van der Waals surface area contributed by atoms with Crippen molar-refractivity contribution in [3.05, 3.63) is 45.3 Å². The standard InChI is InChI=1S/C15H18N4O5.C9H13N3O5/c1-5-9(16)12(21)8-6(4-24-14(17)22)15(23-2)13-7(18-13)3-19(15)10(8)11(5)20;10-5-1-2-12(9(16)11-5)8-7(15)6(14)4(3-13)17-8/h6-7,13,18H,3-4,16H2,1-2H3,(H2,17,22);1-2,4,6-8,13-15H,3H2,(H2,10,11,16)/t6-,7+,13+,15-;4-,6-,7+,8-/m11/s1. The summed E-state index contributed by atoms with van der Waals surface area (Å²) >= 11 is 0. The molecule has 5 heterocycles. The molecule has 0 radical (unpaired) electrons. The summed E-state index contributed by atoms with van der Waals surface area (Å²) in [4.78, 5) is 53.4. The van der Waals surface area contributed by atoms with E-state index >= 15 is 0 Å². The van der Waals surface area contributed by atoms with Crippen molar-refractivity contribution >= 4 is 23.5 Å². The number of aromatic nitrogens is 2. The van der Waals surface area contributed by atoms with Crippen LogP contribution in [-0.2, 0) is 23.8 Å². The van der Waals surface area contributed by atoms with E-state index in [0.717, 1.165) is 4.57 Å². The number of piperazine rings is 1. The average molecular weight is 578 g/mol. The van der Waals surface area contributed by atoms with Crippen molar-refractivity contribution in [2.75, 3.05) is 32.6 Å². The Labute approximate surface area is 232 Å². The molecule has 0 unspecified atom stereocenters. The zero-order valence-electron chi connectivity index (χ0n) is 22.1. The van der Waals surface area contributed by atoms with Gasteiger partial charge in [0, 0.05) is 37.0 Å². The summed E-state index contributed by atoms with van der Waals surface area (Å²) in [5.41, 5.74) is 15.3. The minimum Gasteiger partial charge on any atom is -0.449 e. The molecular weight excluding hydrogens is 546 g/mol. The van der Waals surface area contributed by atoms with E-state index in [0.29, 0.717) is 12.2 Å². The van der Waals surface area contributed by atoms with Gasteiger partial charge in [-0.1, -0.05) is 0 Å². The average Bonchev–Trinajstić information content (AvgIpc) is 3.45. The number of aliphatic hydroxyl groups is 3. The van der Waals surface area contributed by atoms with Gasteiger partial charge < -0.3 is 56.9 Å². The maximum Gasteiger partial charge on any atom is 0.404 e. The molecule has 5 aliphatic rings. The minimum absolute atomic E-state index is 0.0537. The van der Waals surface area contributed by atoms with Gasteiger partial charge in [0.05, 0.1) is 30.0 Å². The summed E-state index contributed by atoms with van der Waals surface area (Å²) in [6, 6.07) is 1.48. The zero-order valence-corrected chi connectivity index (χ0v) is 22.1. The highest BCUT2D eigenvalue weighted by Gasteiger charge is 2.72. The first-order chi connectivity index (χ1) is 19.4. The van der Waals surface area contributed by atoms with Crippen molar-refractivity contribution < 1.29 is 43.9 Å². The SMILES string of the molecule is CO[C@@]12[C@H](COC(N)=O)C3=C(C(=O)C(C)=C(N)C3=O)N1C[C@@H]1N[C@@H]12.Nc1ccn([C@@H]2O[C@H](CO)[C@@H](O)[C@@H]2O)c(=O)n1. The Hall–Kier alpha value is -3.87. The molecule has 17 nitrogen and oxygen atoms in total. The lowest BCUT2D eigenvalue weighted by Crippen LogP contribution is -2.55. The van der Waals surface area contributed by atoms with Gasteiger partial charge >= 0.3 is 11.8 Å². The number of Topliss-reactive ketones (excluding diaryl/α,β-unsaturated/α-hetero) is 2. The third-order valence-electron chi connectivity index (χ3n) is 8.12. The van der Waals surface area contributed by atoms with E-state index in [-0.39, 0.29) is 47.1 Å². The fraction of sp³-hybridized carbons (Fsp3) is 0.542. The Morgan fingerprint density at radius 2 is 1.95 bits per heavy atom. The molecule has 1 aromatic rings. The Bertz CT molecular complexity index is 1430. The summed E-state index contributed by atoms with van der Waals surface area (Å²) in [7, 11) is 1.52. The first-order valence-corrected chi connectivity index (χ1v) is 12.7. The number of rotatable bonds is 5. The number of aliphatic hydroxyl groups excluding tert-OH is 3. The molecular formula is C24H31N7O10.